The smallest absolute Gasteiger partial charge is 0.434 e. The van der Waals surface area contributed by atoms with Crippen LogP contribution < -0.4 is 15.7 Å². The lowest BCUT2D eigenvalue weighted by Crippen LogP contribution is -2.35. The van der Waals surface area contributed by atoms with Gasteiger partial charge in [-0.1, -0.05) is 13.0 Å². The Morgan fingerprint density at radius 2 is 2.19 bits per heavy atom. The van der Waals surface area contributed by atoms with Gasteiger partial charge in [0.05, 0.1) is 5.56 Å². The third kappa shape index (κ3) is 2.94. The van der Waals surface area contributed by atoms with E-state index in [-0.39, 0.29) is 34.5 Å². The van der Waals surface area contributed by atoms with Crippen LogP contribution in [0.15, 0.2) is 29.1 Å². The van der Waals surface area contributed by atoms with Crippen molar-refractivity contribution < 1.29 is 14.2 Å². The molecule has 7 nitrogen and oxygen atoms in total. The fraction of sp³-hybridized carbons (Fsp3) is 0.278. The summed E-state index contributed by atoms with van der Waals surface area (Å²) in [4.78, 5) is 18.2. The molecule has 0 aliphatic heterocycles. The van der Waals surface area contributed by atoms with Crippen molar-refractivity contribution >= 4 is 16.9 Å². The van der Waals surface area contributed by atoms with Crippen LogP contribution in [0.2, 0.25) is 0 Å². The molecule has 0 unspecified atom stereocenters. The van der Waals surface area contributed by atoms with Gasteiger partial charge in [-0.3, -0.25) is 0 Å². The lowest BCUT2D eigenvalue weighted by molar-refractivity contribution is -0.567. The number of benzene rings is 1. The Hall–Kier alpha value is -3.16. The number of halogens is 1. The quantitative estimate of drug-likeness (QED) is 0.491. The molecule has 26 heavy (non-hydrogen) atoms. The Labute approximate surface area is 148 Å². The molecule has 0 amide bonds. The highest BCUT2D eigenvalue weighted by atomic mass is 19.1. The number of fused-ring (bicyclic) bond motifs is 1. The number of hydrogen-bond acceptors (Lipinski definition) is 5. The number of phenolic OH excluding ortho intramolecular Hbond substituents is 1. The van der Waals surface area contributed by atoms with Gasteiger partial charge in [0.25, 0.3) is 5.65 Å². The van der Waals surface area contributed by atoms with Gasteiger partial charge in [-0.15, -0.1) is 0 Å². The largest absolute Gasteiger partial charge is 0.710 e. The highest BCUT2D eigenvalue weighted by Gasteiger charge is 2.23. The van der Waals surface area contributed by atoms with Crippen molar-refractivity contribution in [2.45, 2.75) is 33.2 Å². The van der Waals surface area contributed by atoms with Crippen LogP contribution in [0.4, 0.5) is 10.2 Å². The van der Waals surface area contributed by atoms with E-state index in [1.165, 1.54) is 12.1 Å². The SMILES string of the molecule is CC[C@H](C)Nc1nc(=O)[nH]c2c1cc(C)c(-c1c(O)cccc1F)[n+]2[O-]. The van der Waals surface area contributed by atoms with Crippen LogP contribution in [-0.4, -0.2) is 21.1 Å². The van der Waals surface area contributed by atoms with Crippen LogP contribution in [0.25, 0.3) is 22.3 Å². The Bertz CT molecular complexity index is 1030. The second-order valence-corrected chi connectivity index (χ2v) is 6.21. The number of nitrogens with one attached hydrogen (secondary N) is 2. The zero-order chi connectivity index (χ0) is 19.0. The first-order valence-corrected chi connectivity index (χ1v) is 8.25. The summed E-state index contributed by atoms with van der Waals surface area (Å²) in [6, 6.07) is 5.48. The number of aromatic nitrogens is 3. The van der Waals surface area contributed by atoms with Crippen molar-refractivity contribution in [1.82, 2.24) is 9.97 Å². The number of anilines is 1. The van der Waals surface area contributed by atoms with E-state index in [9.17, 15) is 19.5 Å². The maximum atomic E-state index is 14.3. The van der Waals surface area contributed by atoms with Crippen LogP contribution in [0.1, 0.15) is 25.8 Å². The van der Waals surface area contributed by atoms with E-state index in [0.29, 0.717) is 15.7 Å². The van der Waals surface area contributed by atoms with E-state index >= 15 is 0 Å². The molecule has 0 saturated carbocycles. The molecule has 1 atom stereocenters. The first-order chi connectivity index (χ1) is 12.3. The number of phenols is 1. The van der Waals surface area contributed by atoms with E-state index in [4.69, 9.17) is 0 Å². The Morgan fingerprint density at radius 1 is 1.46 bits per heavy atom. The summed E-state index contributed by atoms with van der Waals surface area (Å²) in [6.45, 7) is 5.54. The predicted octanol–water partition coefficient (Wildman–Crippen LogP) is 2.59. The lowest BCUT2D eigenvalue weighted by Gasteiger charge is -2.18. The number of H-pyrrole nitrogens is 1. The van der Waals surface area contributed by atoms with Gasteiger partial charge in [0, 0.05) is 6.04 Å². The Morgan fingerprint density at radius 3 is 2.85 bits per heavy atom. The third-order valence-corrected chi connectivity index (χ3v) is 4.31. The molecule has 0 radical (unpaired) electrons. The highest BCUT2D eigenvalue weighted by molar-refractivity contribution is 5.87. The summed E-state index contributed by atoms with van der Waals surface area (Å²) >= 11 is 0. The minimum atomic E-state index is -0.730. The monoisotopic (exact) mass is 358 g/mol. The van der Waals surface area contributed by atoms with Gasteiger partial charge in [0.15, 0.2) is 0 Å². The molecular weight excluding hydrogens is 339 g/mol. The fourth-order valence-corrected chi connectivity index (χ4v) is 2.82. The molecule has 0 fully saturated rings. The summed E-state index contributed by atoms with van der Waals surface area (Å²) in [7, 11) is 0. The van der Waals surface area contributed by atoms with E-state index in [1.807, 2.05) is 13.8 Å². The van der Waals surface area contributed by atoms with E-state index < -0.39 is 11.5 Å². The van der Waals surface area contributed by atoms with Crippen molar-refractivity contribution in [3.05, 3.63) is 51.3 Å². The summed E-state index contributed by atoms with van der Waals surface area (Å²) in [5, 5.41) is 26.5. The maximum absolute atomic E-state index is 14.3. The molecule has 3 N–H and O–H groups in total. The molecule has 2 aromatic heterocycles. The maximum Gasteiger partial charge on any atom is 0.434 e. The normalized spacial score (nSPS) is 12.3. The first kappa shape index (κ1) is 17.7. The van der Waals surface area contributed by atoms with Gasteiger partial charge in [0.1, 0.15) is 28.5 Å². The first-order valence-electron chi connectivity index (χ1n) is 8.25. The van der Waals surface area contributed by atoms with Crippen molar-refractivity contribution in [1.29, 1.82) is 0 Å². The highest BCUT2D eigenvalue weighted by Crippen LogP contribution is 2.33. The number of pyridine rings is 1. The Balaban J connectivity index is 2.34. The van der Waals surface area contributed by atoms with Gasteiger partial charge >= 0.3 is 5.69 Å². The number of aromatic hydroxyl groups is 1. The topological polar surface area (TPSA) is 105 Å². The summed E-state index contributed by atoms with van der Waals surface area (Å²) in [5.41, 5.74) is -0.589. The minimum Gasteiger partial charge on any atom is -0.710 e. The van der Waals surface area contributed by atoms with Gasteiger partial charge in [-0.25, -0.2) is 13.9 Å². The molecule has 0 aliphatic carbocycles. The van der Waals surface area contributed by atoms with Crippen LogP contribution >= 0.6 is 0 Å². The van der Waals surface area contributed by atoms with Crippen molar-refractivity contribution in [2.24, 2.45) is 0 Å². The molecule has 0 spiro atoms. The standard InChI is InChI=1S/C18H19FN4O3/c1-4-10(3)20-16-11-8-9(2)15(14-12(19)6-5-7-13(14)24)23(26)17(11)22-18(25)21-16/h5-8,10,24H,4H2,1-3H3,(H2,20,21,22,25)/t10-/m0/s1. The summed E-state index contributed by atoms with van der Waals surface area (Å²) < 4.78 is 14.7. The molecule has 0 saturated heterocycles. The molecular formula is C18H19FN4O3. The summed E-state index contributed by atoms with van der Waals surface area (Å²) in [5.74, 6) is -0.798. The van der Waals surface area contributed by atoms with Crippen LogP contribution in [0.3, 0.4) is 0 Å². The molecule has 0 bridgehead atoms. The van der Waals surface area contributed by atoms with Gasteiger partial charge in [-0.2, -0.15) is 9.97 Å². The predicted molar refractivity (Wildman–Crippen MR) is 96.5 cm³/mol. The minimum absolute atomic E-state index is 0.0446. The molecule has 3 rings (SSSR count). The van der Waals surface area contributed by atoms with Crippen molar-refractivity contribution in [2.75, 3.05) is 5.32 Å². The van der Waals surface area contributed by atoms with Gasteiger partial charge in [-0.05, 0) is 44.0 Å². The van der Waals surface area contributed by atoms with Crippen LogP contribution in [0, 0.1) is 17.9 Å². The Kier molecular flexibility index (Phi) is 4.50. The van der Waals surface area contributed by atoms with E-state index in [0.717, 1.165) is 12.5 Å². The van der Waals surface area contributed by atoms with Crippen LogP contribution in [0.5, 0.6) is 5.75 Å². The van der Waals surface area contributed by atoms with Gasteiger partial charge < -0.3 is 15.6 Å². The molecule has 1 aromatic carbocycles. The number of nitrogens with zero attached hydrogens (tertiary/aromatic N) is 2. The van der Waals surface area contributed by atoms with E-state index in [2.05, 4.69) is 15.3 Å². The molecule has 0 aliphatic rings. The average molecular weight is 358 g/mol. The van der Waals surface area contributed by atoms with Crippen molar-refractivity contribution in [3.8, 4) is 17.0 Å². The third-order valence-electron chi connectivity index (χ3n) is 4.31. The molecule has 3 aromatic rings. The molecule has 2 heterocycles. The van der Waals surface area contributed by atoms with Crippen molar-refractivity contribution in [3.63, 3.8) is 0 Å². The van der Waals surface area contributed by atoms with E-state index in [1.54, 1.807) is 13.0 Å². The lowest BCUT2D eigenvalue weighted by atomic mass is 10.0. The second kappa shape index (κ2) is 6.62. The number of aromatic amines is 1. The van der Waals surface area contributed by atoms with Crippen LogP contribution in [-0.2, 0) is 0 Å². The number of rotatable bonds is 4. The fourth-order valence-electron chi connectivity index (χ4n) is 2.82. The number of aryl methyl sites for hydroxylation is 1. The molecule has 136 valence electrons. The molecule has 8 heteroatoms. The zero-order valence-electron chi connectivity index (χ0n) is 14.6. The van der Waals surface area contributed by atoms with Gasteiger partial charge in [0.2, 0.25) is 0 Å². The second-order valence-electron chi connectivity index (χ2n) is 6.21. The average Bonchev–Trinajstić information content (AvgIpc) is 2.58. The summed E-state index contributed by atoms with van der Waals surface area (Å²) in [6.07, 6.45) is 0.799. The zero-order valence-corrected chi connectivity index (χ0v) is 14.6. The number of hydrogen-bond donors (Lipinski definition) is 3.